The molecule has 7 heteroatoms. The van der Waals surface area contributed by atoms with Crippen molar-refractivity contribution in [2.45, 2.75) is 0 Å². The van der Waals surface area contributed by atoms with Crippen molar-refractivity contribution >= 4 is 34.3 Å². The number of oxime groups is 1. The molecule has 128 valence electrons. The van der Waals surface area contributed by atoms with Crippen LogP contribution in [0.15, 0.2) is 77.4 Å². The lowest BCUT2D eigenvalue weighted by Crippen LogP contribution is -2.10. The predicted molar refractivity (Wildman–Crippen MR) is 103 cm³/mol. The third kappa shape index (κ3) is 3.33. The first-order chi connectivity index (χ1) is 12.8. The number of aromatic nitrogens is 2. The van der Waals surface area contributed by atoms with Gasteiger partial charge in [0.05, 0.1) is 17.6 Å². The molecule has 0 bridgehead atoms. The van der Waals surface area contributed by atoms with Crippen LogP contribution in [0, 0.1) is 0 Å². The second-order valence-corrected chi connectivity index (χ2v) is 6.24. The summed E-state index contributed by atoms with van der Waals surface area (Å²) in [6.45, 7) is 0. The largest absolute Gasteiger partial charge is 0.437 e. The summed E-state index contributed by atoms with van der Waals surface area (Å²) in [5.74, 6) is 0. The monoisotopic (exact) mass is 362 g/mol. The summed E-state index contributed by atoms with van der Waals surface area (Å²) in [5.41, 5.74) is 3.15. The van der Waals surface area contributed by atoms with Crippen LogP contribution in [-0.4, -0.2) is 21.7 Å². The van der Waals surface area contributed by atoms with Crippen LogP contribution in [0.25, 0.3) is 16.2 Å². The normalized spacial score (nSPS) is 11.1. The lowest BCUT2D eigenvalue weighted by atomic mass is 10.1. The Morgan fingerprint density at radius 1 is 1.12 bits per heavy atom. The van der Waals surface area contributed by atoms with Crippen LogP contribution in [0.1, 0.15) is 5.69 Å². The molecule has 0 fully saturated rings. The third-order valence-corrected chi connectivity index (χ3v) is 4.43. The van der Waals surface area contributed by atoms with Gasteiger partial charge in [0.2, 0.25) is 0 Å². The zero-order valence-corrected chi connectivity index (χ0v) is 14.4. The highest BCUT2D eigenvalue weighted by atomic mass is 32.1. The fraction of sp³-hybridized carbons (Fsp3) is 0. The van der Waals surface area contributed by atoms with Crippen molar-refractivity contribution in [3.05, 3.63) is 77.9 Å². The van der Waals surface area contributed by atoms with Crippen molar-refractivity contribution in [3.63, 3.8) is 0 Å². The number of rotatable bonds is 4. The van der Waals surface area contributed by atoms with Gasteiger partial charge in [-0.3, -0.25) is 14.6 Å². The SMILES string of the molecule is O=C(Nc1ccccc1)O/N=C/c1c(-c2ccccc2)nc2sccn12. The van der Waals surface area contributed by atoms with E-state index < -0.39 is 6.09 Å². The van der Waals surface area contributed by atoms with Crippen LogP contribution in [0.5, 0.6) is 0 Å². The van der Waals surface area contributed by atoms with Gasteiger partial charge in [-0.25, -0.2) is 9.78 Å². The third-order valence-electron chi connectivity index (χ3n) is 3.68. The van der Waals surface area contributed by atoms with E-state index in [4.69, 9.17) is 4.84 Å². The highest BCUT2D eigenvalue weighted by Gasteiger charge is 2.13. The second-order valence-electron chi connectivity index (χ2n) is 5.37. The molecule has 2 heterocycles. The van der Waals surface area contributed by atoms with Gasteiger partial charge in [0.1, 0.15) is 0 Å². The molecule has 6 nitrogen and oxygen atoms in total. The van der Waals surface area contributed by atoms with Gasteiger partial charge in [0.25, 0.3) is 0 Å². The first kappa shape index (κ1) is 16.0. The molecule has 4 rings (SSSR count). The molecule has 0 unspecified atom stereocenters. The Morgan fingerprint density at radius 2 is 1.85 bits per heavy atom. The molecule has 4 aromatic rings. The maximum atomic E-state index is 11.8. The number of amides is 1. The molecule has 2 aromatic carbocycles. The number of benzene rings is 2. The van der Waals surface area contributed by atoms with E-state index in [0.29, 0.717) is 5.69 Å². The average molecular weight is 362 g/mol. The Hall–Kier alpha value is -3.45. The van der Waals surface area contributed by atoms with Crippen LogP contribution in [0.3, 0.4) is 0 Å². The number of hydrogen-bond acceptors (Lipinski definition) is 5. The summed E-state index contributed by atoms with van der Waals surface area (Å²) in [6, 6.07) is 18.9. The van der Waals surface area contributed by atoms with Crippen molar-refractivity contribution in [1.29, 1.82) is 0 Å². The first-order valence-electron chi connectivity index (χ1n) is 7.88. The molecule has 26 heavy (non-hydrogen) atoms. The van der Waals surface area contributed by atoms with Crippen LogP contribution < -0.4 is 5.32 Å². The number of para-hydroxylation sites is 1. The Balaban J connectivity index is 1.55. The van der Waals surface area contributed by atoms with Crippen molar-refractivity contribution < 1.29 is 9.63 Å². The van der Waals surface area contributed by atoms with E-state index in [-0.39, 0.29) is 0 Å². The molecule has 1 amide bonds. The van der Waals surface area contributed by atoms with Crippen molar-refractivity contribution in [2.75, 3.05) is 5.32 Å². The number of nitrogens with one attached hydrogen (secondary N) is 1. The van der Waals surface area contributed by atoms with Gasteiger partial charge in [0, 0.05) is 22.8 Å². The van der Waals surface area contributed by atoms with Gasteiger partial charge < -0.3 is 0 Å². The summed E-state index contributed by atoms with van der Waals surface area (Å²) in [4.78, 5) is 22.2. The van der Waals surface area contributed by atoms with E-state index in [1.165, 1.54) is 17.6 Å². The van der Waals surface area contributed by atoms with Crippen molar-refractivity contribution in [1.82, 2.24) is 9.38 Å². The number of fused-ring (bicyclic) bond motifs is 1. The molecule has 0 aliphatic rings. The van der Waals surface area contributed by atoms with Gasteiger partial charge >= 0.3 is 6.09 Å². The fourth-order valence-electron chi connectivity index (χ4n) is 2.52. The molecular weight excluding hydrogens is 348 g/mol. The van der Waals surface area contributed by atoms with E-state index in [1.54, 1.807) is 12.1 Å². The van der Waals surface area contributed by atoms with E-state index in [9.17, 15) is 4.79 Å². The summed E-state index contributed by atoms with van der Waals surface area (Å²) in [7, 11) is 0. The molecule has 0 saturated carbocycles. The maximum Gasteiger partial charge on any atom is 0.437 e. The summed E-state index contributed by atoms with van der Waals surface area (Å²) in [5, 5.41) is 8.38. The zero-order valence-electron chi connectivity index (χ0n) is 13.6. The average Bonchev–Trinajstić information content (AvgIpc) is 3.25. The van der Waals surface area contributed by atoms with E-state index in [1.807, 2.05) is 64.5 Å². The minimum atomic E-state index is -0.653. The molecule has 0 radical (unpaired) electrons. The zero-order chi connectivity index (χ0) is 17.8. The number of anilines is 1. The summed E-state index contributed by atoms with van der Waals surface area (Å²) >= 11 is 1.53. The number of thiazole rings is 1. The van der Waals surface area contributed by atoms with Crippen LogP contribution in [-0.2, 0) is 4.84 Å². The Morgan fingerprint density at radius 3 is 2.62 bits per heavy atom. The first-order valence-corrected chi connectivity index (χ1v) is 8.76. The maximum absolute atomic E-state index is 11.8. The minimum absolute atomic E-state index is 0.641. The predicted octanol–water partition coefficient (Wildman–Crippen LogP) is 4.65. The molecule has 0 atom stereocenters. The summed E-state index contributed by atoms with van der Waals surface area (Å²) in [6.07, 6.45) is 2.75. The lowest BCUT2D eigenvalue weighted by molar-refractivity contribution is 0.167. The molecule has 1 N–H and O–H groups in total. The number of hydrogen-bond donors (Lipinski definition) is 1. The smallest absolute Gasteiger partial charge is 0.298 e. The number of carbonyl (C=O) groups excluding carboxylic acids is 1. The van der Waals surface area contributed by atoms with Gasteiger partial charge in [-0.05, 0) is 12.1 Å². The molecule has 2 aromatic heterocycles. The van der Waals surface area contributed by atoms with Crippen molar-refractivity contribution in [2.24, 2.45) is 5.16 Å². The highest BCUT2D eigenvalue weighted by molar-refractivity contribution is 7.15. The van der Waals surface area contributed by atoms with Gasteiger partial charge in [0.15, 0.2) is 4.96 Å². The Kier molecular flexibility index (Phi) is 4.44. The van der Waals surface area contributed by atoms with Crippen LogP contribution >= 0.6 is 11.3 Å². The van der Waals surface area contributed by atoms with Gasteiger partial charge in [-0.2, -0.15) is 0 Å². The Labute approximate surface area is 153 Å². The van der Waals surface area contributed by atoms with E-state index in [0.717, 1.165) is 21.9 Å². The van der Waals surface area contributed by atoms with Crippen molar-refractivity contribution in [3.8, 4) is 11.3 Å². The van der Waals surface area contributed by atoms with Gasteiger partial charge in [-0.1, -0.05) is 53.7 Å². The number of nitrogens with zero attached hydrogens (tertiary/aromatic N) is 3. The topological polar surface area (TPSA) is 68.0 Å². The molecule has 0 saturated heterocycles. The number of imidazole rings is 1. The molecule has 0 spiro atoms. The molecule has 0 aliphatic carbocycles. The molecular formula is C19H14N4O2S. The van der Waals surface area contributed by atoms with E-state index >= 15 is 0 Å². The van der Waals surface area contributed by atoms with Crippen LogP contribution in [0.4, 0.5) is 10.5 Å². The minimum Gasteiger partial charge on any atom is -0.298 e. The van der Waals surface area contributed by atoms with Gasteiger partial charge in [-0.15, -0.1) is 11.3 Å². The quantitative estimate of drug-likeness (QED) is 0.326. The Bertz CT molecular complexity index is 1060. The summed E-state index contributed by atoms with van der Waals surface area (Å²) < 4.78 is 1.91. The number of carbonyl (C=O) groups is 1. The lowest BCUT2D eigenvalue weighted by Gasteiger charge is -2.02. The standard InChI is InChI=1S/C19H14N4O2S/c24-19(21-15-9-5-2-6-10-15)25-20-13-16-17(14-7-3-1-4-8-14)22-18-23(16)11-12-26-18/h1-13H,(H,21,24)/b20-13+. The molecule has 0 aliphatic heterocycles. The highest BCUT2D eigenvalue weighted by Crippen LogP contribution is 2.25. The fourth-order valence-corrected chi connectivity index (χ4v) is 3.24. The van der Waals surface area contributed by atoms with E-state index in [2.05, 4.69) is 15.5 Å². The van der Waals surface area contributed by atoms with Crippen LogP contribution in [0.2, 0.25) is 0 Å². The second kappa shape index (κ2) is 7.20.